The molecule has 19 heavy (non-hydrogen) atoms. The summed E-state index contributed by atoms with van der Waals surface area (Å²) in [5.74, 6) is -2.50. The van der Waals surface area contributed by atoms with Gasteiger partial charge in [-0.15, -0.1) is 0 Å². The zero-order chi connectivity index (χ0) is 14.8. The summed E-state index contributed by atoms with van der Waals surface area (Å²) in [4.78, 5) is 24.2. The number of esters is 1. The SMILES string of the molecule is CCCCCCOC(=O)C(=CN(C)C)C(=O)C(F)F. The van der Waals surface area contributed by atoms with E-state index in [-0.39, 0.29) is 6.61 Å². The largest absolute Gasteiger partial charge is 0.462 e. The van der Waals surface area contributed by atoms with Crippen LogP contribution >= 0.6 is 0 Å². The molecule has 0 aliphatic carbocycles. The van der Waals surface area contributed by atoms with Gasteiger partial charge >= 0.3 is 12.4 Å². The topological polar surface area (TPSA) is 46.6 Å². The molecular formula is C13H21F2NO3. The van der Waals surface area contributed by atoms with Gasteiger partial charge in [0.25, 0.3) is 0 Å². The van der Waals surface area contributed by atoms with E-state index < -0.39 is 23.8 Å². The Hall–Kier alpha value is -1.46. The third-order valence-electron chi connectivity index (χ3n) is 2.30. The molecule has 0 aromatic heterocycles. The first-order valence-corrected chi connectivity index (χ1v) is 6.27. The molecule has 0 N–H and O–H groups in total. The Kier molecular flexibility index (Phi) is 8.74. The summed E-state index contributed by atoms with van der Waals surface area (Å²) in [5.41, 5.74) is -0.615. The molecule has 0 atom stereocenters. The molecule has 0 saturated carbocycles. The maximum Gasteiger partial charge on any atom is 0.343 e. The average molecular weight is 277 g/mol. The average Bonchev–Trinajstić information content (AvgIpc) is 2.34. The number of rotatable bonds is 9. The van der Waals surface area contributed by atoms with Crippen molar-refractivity contribution in [3.8, 4) is 0 Å². The molecule has 0 aromatic carbocycles. The molecule has 4 nitrogen and oxygen atoms in total. The highest BCUT2D eigenvalue weighted by Gasteiger charge is 2.27. The van der Waals surface area contributed by atoms with Crippen LogP contribution in [0.2, 0.25) is 0 Å². The van der Waals surface area contributed by atoms with Gasteiger partial charge in [-0.25, -0.2) is 13.6 Å². The molecule has 0 amide bonds. The molecule has 0 saturated heterocycles. The smallest absolute Gasteiger partial charge is 0.343 e. The van der Waals surface area contributed by atoms with E-state index >= 15 is 0 Å². The third-order valence-corrected chi connectivity index (χ3v) is 2.30. The van der Waals surface area contributed by atoms with Gasteiger partial charge in [0.2, 0.25) is 5.78 Å². The number of Topliss-reactive ketones (excluding diaryl/α,β-unsaturated/α-hetero) is 1. The van der Waals surface area contributed by atoms with E-state index in [0.717, 1.165) is 25.5 Å². The molecule has 0 fully saturated rings. The minimum Gasteiger partial charge on any atom is -0.462 e. The van der Waals surface area contributed by atoms with E-state index in [1.807, 2.05) is 6.92 Å². The molecule has 0 bridgehead atoms. The van der Waals surface area contributed by atoms with Crippen molar-refractivity contribution in [2.45, 2.75) is 39.0 Å². The second-order valence-electron chi connectivity index (χ2n) is 4.37. The van der Waals surface area contributed by atoms with Gasteiger partial charge in [-0.3, -0.25) is 4.79 Å². The van der Waals surface area contributed by atoms with Crippen LogP contribution in [-0.2, 0) is 14.3 Å². The fourth-order valence-electron chi connectivity index (χ4n) is 1.36. The number of carbonyl (C=O) groups excluding carboxylic acids is 2. The Bertz CT molecular complexity index is 328. The predicted molar refractivity (Wildman–Crippen MR) is 67.9 cm³/mol. The highest BCUT2D eigenvalue weighted by atomic mass is 19.3. The maximum absolute atomic E-state index is 12.4. The standard InChI is InChI=1S/C13H21F2NO3/c1-4-5-6-7-8-19-13(18)10(9-16(2)3)11(17)12(14)15/h9,12H,4-8H2,1-3H3. The minimum atomic E-state index is -3.21. The summed E-state index contributed by atoms with van der Waals surface area (Å²) < 4.78 is 29.6. The van der Waals surface area contributed by atoms with Crippen LogP contribution in [0.25, 0.3) is 0 Å². The summed E-state index contributed by atoms with van der Waals surface area (Å²) in [5, 5.41) is 0. The molecule has 0 heterocycles. The zero-order valence-electron chi connectivity index (χ0n) is 11.6. The number of hydrogen-bond acceptors (Lipinski definition) is 4. The maximum atomic E-state index is 12.4. The summed E-state index contributed by atoms with van der Waals surface area (Å²) in [6.45, 7) is 2.19. The van der Waals surface area contributed by atoms with Gasteiger partial charge in [-0.2, -0.15) is 0 Å². The highest BCUT2D eigenvalue weighted by molar-refractivity contribution is 6.18. The Balaban J connectivity index is 4.45. The molecule has 0 aliphatic heterocycles. The van der Waals surface area contributed by atoms with Crippen molar-refractivity contribution in [3.63, 3.8) is 0 Å². The molecule has 0 spiro atoms. The van der Waals surface area contributed by atoms with Gasteiger partial charge in [0.1, 0.15) is 5.57 Å². The van der Waals surface area contributed by atoms with Gasteiger partial charge in [-0.05, 0) is 6.42 Å². The number of ketones is 1. The van der Waals surface area contributed by atoms with Crippen LogP contribution < -0.4 is 0 Å². The monoisotopic (exact) mass is 277 g/mol. The van der Waals surface area contributed by atoms with E-state index in [0.29, 0.717) is 6.42 Å². The fraction of sp³-hybridized carbons (Fsp3) is 0.692. The summed E-state index contributed by atoms with van der Waals surface area (Å²) in [6, 6.07) is 0. The van der Waals surface area contributed by atoms with Crippen molar-refractivity contribution in [1.29, 1.82) is 0 Å². The normalized spacial score (nSPS) is 11.6. The number of ether oxygens (including phenoxy) is 1. The molecule has 110 valence electrons. The molecule has 0 aromatic rings. The Morgan fingerprint density at radius 3 is 2.32 bits per heavy atom. The number of nitrogens with zero attached hydrogens (tertiary/aromatic N) is 1. The van der Waals surface area contributed by atoms with Crippen LogP contribution in [0.15, 0.2) is 11.8 Å². The summed E-state index contributed by atoms with van der Waals surface area (Å²) in [7, 11) is 3.07. The molecule has 0 aliphatic rings. The Morgan fingerprint density at radius 2 is 1.84 bits per heavy atom. The molecule has 0 unspecified atom stereocenters. The first-order chi connectivity index (χ1) is 8.90. The lowest BCUT2D eigenvalue weighted by Crippen LogP contribution is -2.24. The van der Waals surface area contributed by atoms with Crippen LogP contribution in [0, 0.1) is 0 Å². The van der Waals surface area contributed by atoms with Crippen LogP contribution in [-0.4, -0.2) is 43.8 Å². The zero-order valence-corrected chi connectivity index (χ0v) is 11.6. The van der Waals surface area contributed by atoms with E-state index in [1.165, 1.54) is 19.0 Å². The van der Waals surface area contributed by atoms with Crippen molar-refractivity contribution < 1.29 is 23.1 Å². The van der Waals surface area contributed by atoms with Crippen LogP contribution in [0.1, 0.15) is 32.6 Å². The second kappa shape index (κ2) is 9.47. The Morgan fingerprint density at radius 1 is 1.21 bits per heavy atom. The third kappa shape index (κ3) is 7.54. The van der Waals surface area contributed by atoms with Crippen molar-refractivity contribution >= 4 is 11.8 Å². The van der Waals surface area contributed by atoms with Crippen LogP contribution in [0.4, 0.5) is 8.78 Å². The second-order valence-corrected chi connectivity index (χ2v) is 4.37. The van der Waals surface area contributed by atoms with Gasteiger partial charge in [-0.1, -0.05) is 26.2 Å². The molecule has 6 heteroatoms. The van der Waals surface area contributed by atoms with Crippen LogP contribution in [0.3, 0.4) is 0 Å². The van der Waals surface area contributed by atoms with Gasteiger partial charge in [0.15, 0.2) is 0 Å². The van der Waals surface area contributed by atoms with Crippen molar-refractivity contribution in [2.75, 3.05) is 20.7 Å². The fourth-order valence-corrected chi connectivity index (χ4v) is 1.36. The van der Waals surface area contributed by atoms with Crippen molar-refractivity contribution in [1.82, 2.24) is 4.90 Å². The van der Waals surface area contributed by atoms with E-state index in [4.69, 9.17) is 4.74 Å². The van der Waals surface area contributed by atoms with E-state index in [2.05, 4.69) is 0 Å². The van der Waals surface area contributed by atoms with Gasteiger partial charge < -0.3 is 9.64 Å². The number of halogens is 2. The number of alkyl halides is 2. The summed E-state index contributed by atoms with van der Waals surface area (Å²) in [6.07, 6.45) is 1.48. The van der Waals surface area contributed by atoms with Crippen molar-refractivity contribution in [2.24, 2.45) is 0 Å². The van der Waals surface area contributed by atoms with Gasteiger partial charge in [0.05, 0.1) is 6.61 Å². The highest BCUT2D eigenvalue weighted by Crippen LogP contribution is 2.09. The lowest BCUT2D eigenvalue weighted by atomic mass is 10.2. The summed E-state index contributed by atoms with van der Waals surface area (Å²) >= 11 is 0. The lowest BCUT2D eigenvalue weighted by molar-refractivity contribution is -0.142. The molecule has 0 rings (SSSR count). The number of carbonyl (C=O) groups is 2. The minimum absolute atomic E-state index is 0.139. The van der Waals surface area contributed by atoms with E-state index in [9.17, 15) is 18.4 Å². The van der Waals surface area contributed by atoms with Crippen LogP contribution in [0.5, 0.6) is 0 Å². The predicted octanol–water partition coefficient (Wildman–Crippen LogP) is 2.39. The van der Waals surface area contributed by atoms with Gasteiger partial charge in [0, 0.05) is 20.3 Å². The van der Waals surface area contributed by atoms with Crippen molar-refractivity contribution in [3.05, 3.63) is 11.8 Å². The molecular weight excluding hydrogens is 256 g/mol. The first kappa shape index (κ1) is 17.5. The Labute approximate surface area is 112 Å². The van der Waals surface area contributed by atoms with E-state index in [1.54, 1.807) is 0 Å². The first-order valence-electron chi connectivity index (χ1n) is 6.27. The number of hydrogen-bond donors (Lipinski definition) is 0. The lowest BCUT2D eigenvalue weighted by Gasteiger charge is -2.10. The number of unbranched alkanes of at least 4 members (excludes halogenated alkanes) is 3. The quantitative estimate of drug-likeness (QED) is 0.213. The molecule has 0 radical (unpaired) electrons.